The zero-order valence-corrected chi connectivity index (χ0v) is 17.4. The third-order valence-corrected chi connectivity index (χ3v) is 7.66. The maximum Gasteiger partial charge on any atom is 0.328 e. The van der Waals surface area contributed by atoms with Crippen LogP contribution in [0.25, 0.3) is 0 Å². The topological polar surface area (TPSA) is 84.2 Å². The highest BCUT2D eigenvalue weighted by Crippen LogP contribution is 2.64. The van der Waals surface area contributed by atoms with Gasteiger partial charge in [0.05, 0.1) is 17.6 Å². The summed E-state index contributed by atoms with van der Waals surface area (Å²) in [5, 5.41) is 8.99. The Morgan fingerprint density at radius 1 is 1.22 bits per heavy atom. The number of sulfone groups is 1. The lowest BCUT2D eigenvalue weighted by molar-refractivity contribution is -0.147. The number of esters is 1. The highest BCUT2D eigenvalue weighted by molar-refractivity contribution is 9.10. The van der Waals surface area contributed by atoms with Gasteiger partial charge in [-0.1, -0.05) is 39.7 Å². The van der Waals surface area contributed by atoms with E-state index in [1.54, 1.807) is 31.2 Å². The van der Waals surface area contributed by atoms with E-state index < -0.39 is 32.4 Å². The molecular weight excluding hydrogens is 454 g/mol. The van der Waals surface area contributed by atoms with Crippen molar-refractivity contribution in [1.29, 1.82) is 5.26 Å². The molecule has 5 nitrogen and oxygen atoms in total. The number of nitrogens with zero attached hydrogens (tertiary/aromatic N) is 1. The van der Waals surface area contributed by atoms with Crippen LogP contribution in [0.2, 0.25) is 5.02 Å². The zero-order chi connectivity index (χ0) is 19.8. The van der Waals surface area contributed by atoms with Gasteiger partial charge in [-0.15, -0.1) is 0 Å². The summed E-state index contributed by atoms with van der Waals surface area (Å²) in [7, 11) is -3.97. The van der Waals surface area contributed by atoms with E-state index in [2.05, 4.69) is 15.9 Å². The van der Waals surface area contributed by atoms with Crippen LogP contribution in [-0.4, -0.2) is 26.2 Å². The summed E-state index contributed by atoms with van der Waals surface area (Å²) in [5.41, 5.74) is -1.18. The Bertz CT molecular complexity index is 1020. The van der Waals surface area contributed by atoms with Gasteiger partial charge in [0, 0.05) is 15.4 Å². The van der Waals surface area contributed by atoms with E-state index in [1.807, 2.05) is 6.07 Å². The summed E-state index contributed by atoms with van der Waals surface area (Å²) in [4.78, 5) is 12.6. The van der Waals surface area contributed by atoms with Gasteiger partial charge in [-0.25, -0.2) is 8.42 Å². The molecule has 0 heterocycles. The van der Waals surface area contributed by atoms with Gasteiger partial charge in [0.15, 0.2) is 15.3 Å². The third kappa shape index (κ3) is 3.27. The predicted octanol–water partition coefficient (Wildman–Crippen LogP) is 4.12. The normalized spacial score (nSPS) is 24.1. The molecule has 3 rings (SSSR count). The van der Waals surface area contributed by atoms with Crippen molar-refractivity contribution in [3.8, 4) is 6.07 Å². The molecule has 1 aliphatic carbocycles. The molecule has 0 amide bonds. The molecule has 2 aromatic carbocycles. The Balaban J connectivity index is 2.12. The second-order valence-electron chi connectivity index (χ2n) is 6.15. The molecule has 8 heteroatoms. The number of hydrogen-bond acceptors (Lipinski definition) is 5. The minimum atomic E-state index is -3.97. The van der Waals surface area contributed by atoms with Gasteiger partial charge in [-0.3, -0.25) is 4.79 Å². The molecule has 0 unspecified atom stereocenters. The molecule has 0 spiro atoms. The highest BCUT2D eigenvalue weighted by Gasteiger charge is 2.77. The van der Waals surface area contributed by atoms with Crippen LogP contribution >= 0.6 is 27.5 Å². The average molecular weight is 469 g/mol. The summed E-state index contributed by atoms with van der Waals surface area (Å²) in [5.74, 6) is -1.63. The first-order valence-electron chi connectivity index (χ1n) is 8.12. The molecule has 0 radical (unpaired) electrons. The molecule has 2 aromatic rings. The van der Waals surface area contributed by atoms with Crippen molar-refractivity contribution in [2.24, 2.45) is 5.41 Å². The number of hydrogen-bond donors (Lipinski definition) is 0. The number of carbonyl (C=O) groups excluding carboxylic acids is 1. The number of carbonyl (C=O) groups is 1. The van der Waals surface area contributed by atoms with Crippen molar-refractivity contribution in [2.75, 3.05) is 6.61 Å². The van der Waals surface area contributed by atoms with Crippen molar-refractivity contribution in [3.05, 3.63) is 63.6 Å². The minimum Gasteiger partial charge on any atom is -0.465 e. The van der Waals surface area contributed by atoms with Crippen LogP contribution in [-0.2, 0) is 19.4 Å². The van der Waals surface area contributed by atoms with Crippen molar-refractivity contribution < 1.29 is 17.9 Å². The summed E-state index contributed by atoms with van der Waals surface area (Å²) in [6, 6.07) is 14.5. The van der Waals surface area contributed by atoms with Crippen LogP contribution in [0.5, 0.6) is 0 Å². The Labute approximate surface area is 171 Å². The lowest BCUT2D eigenvalue weighted by atomic mass is 10.0. The maximum absolute atomic E-state index is 13.2. The highest BCUT2D eigenvalue weighted by atomic mass is 79.9. The van der Waals surface area contributed by atoms with Crippen LogP contribution < -0.4 is 0 Å². The van der Waals surface area contributed by atoms with Crippen molar-refractivity contribution >= 4 is 43.3 Å². The van der Waals surface area contributed by atoms with Gasteiger partial charge >= 0.3 is 5.97 Å². The molecule has 0 N–H and O–H groups in total. The number of rotatable bonds is 5. The lowest BCUT2D eigenvalue weighted by Gasteiger charge is -2.09. The van der Waals surface area contributed by atoms with Gasteiger partial charge in [0.2, 0.25) is 0 Å². The first kappa shape index (κ1) is 19.9. The second kappa shape index (κ2) is 7.27. The van der Waals surface area contributed by atoms with E-state index in [4.69, 9.17) is 16.3 Å². The van der Waals surface area contributed by atoms with Crippen LogP contribution in [0.15, 0.2) is 57.9 Å². The first-order valence-corrected chi connectivity index (χ1v) is 10.8. The summed E-state index contributed by atoms with van der Waals surface area (Å²) in [6.07, 6.45) is 0. The third-order valence-electron chi connectivity index (χ3n) is 4.64. The molecule has 1 fully saturated rings. The number of ether oxygens (including phenoxy) is 1. The van der Waals surface area contributed by atoms with E-state index in [1.165, 1.54) is 24.3 Å². The molecule has 27 heavy (non-hydrogen) atoms. The Hall–Kier alpha value is -1.88. The molecule has 140 valence electrons. The molecular formula is C19H15BrClNO4S. The lowest BCUT2D eigenvalue weighted by Crippen LogP contribution is -2.25. The Morgan fingerprint density at radius 2 is 1.81 bits per heavy atom. The van der Waals surface area contributed by atoms with E-state index in [0.717, 1.165) is 4.47 Å². The molecule has 3 atom stereocenters. The average Bonchev–Trinajstić information content (AvgIpc) is 3.34. The fourth-order valence-corrected chi connectivity index (χ4v) is 5.97. The van der Waals surface area contributed by atoms with Gasteiger partial charge in [0.25, 0.3) is 0 Å². The molecule has 0 aromatic heterocycles. The molecule has 0 saturated heterocycles. The SMILES string of the molecule is CCOC(=O)[C@]1(C#N)[C@H](c2ccc(Br)cc2)[C@@H]1S(=O)(=O)c1ccc(Cl)cc1. The standard InChI is InChI=1S/C19H15BrClNO4S/c1-2-26-18(23)19(11-22)16(12-3-5-13(20)6-4-12)17(19)27(24,25)15-9-7-14(21)8-10-15/h3-10,16-17H,2H2,1H3/t16-,17+,19-/m1/s1. The predicted molar refractivity (Wildman–Crippen MR) is 104 cm³/mol. The van der Waals surface area contributed by atoms with Crippen LogP contribution in [0.4, 0.5) is 0 Å². The fraction of sp³-hybridized carbons (Fsp3) is 0.263. The summed E-state index contributed by atoms with van der Waals surface area (Å²) >= 11 is 9.17. The van der Waals surface area contributed by atoms with Gasteiger partial charge in [0.1, 0.15) is 5.25 Å². The van der Waals surface area contributed by atoms with E-state index in [-0.39, 0.29) is 11.5 Å². The van der Waals surface area contributed by atoms with E-state index >= 15 is 0 Å². The summed E-state index contributed by atoms with van der Waals surface area (Å²) in [6.45, 7) is 1.67. The fourth-order valence-electron chi connectivity index (χ4n) is 3.33. The Morgan fingerprint density at radius 3 is 2.33 bits per heavy atom. The smallest absolute Gasteiger partial charge is 0.328 e. The molecule has 1 saturated carbocycles. The second-order valence-corrected chi connectivity index (χ2v) is 9.57. The number of nitriles is 1. The van der Waals surface area contributed by atoms with Crippen LogP contribution in [0.1, 0.15) is 18.4 Å². The summed E-state index contributed by atoms with van der Waals surface area (Å²) < 4.78 is 32.3. The van der Waals surface area contributed by atoms with Crippen LogP contribution in [0.3, 0.4) is 0 Å². The minimum absolute atomic E-state index is 0.0143. The number of benzene rings is 2. The van der Waals surface area contributed by atoms with Crippen molar-refractivity contribution in [1.82, 2.24) is 0 Å². The first-order chi connectivity index (χ1) is 12.8. The quantitative estimate of drug-likeness (QED) is 0.616. The Kier molecular flexibility index (Phi) is 5.35. The monoisotopic (exact) mass is 467 g/mol. The number of halogens is 2. The van der Waals surface area contributed by atoms with Crippen molar-refractivity contribution in [3.63, 3.8) is 0 Å². The van der Waals surface area contributed by atoms with E-state index in [0.29, 0.717) is 10.6 Å². The van der Waals surface area contributed by atoms with Gasteiger partial charge in [-0.05, 0) is 48.9 Å². The van der Waals surface area contributed by atoms with Gasteiger partial charge < -0.3 is 4.74 Å². The van der Waals surface area contributed by atoms with Crippen LogP contribution in [0, 0.1) is 16.7 Å². The van der Waals surface area contributed by atoms with Gasteiger partial charge in [-0.2, -0.15) is 5.26 Å². The molecule has 1 aliphatic rings. The molecule has 0 bridgehead atoms. The van der Waals surface area contributed by atoms with Crippen molar-refractivity contribution in [2.45, 2.75) is 23.0 Å². The maximum atomic E-state index is 13.2. The largest absolute Gasteiger partial charge is 0.465 e. The van der Waals surface area contributed by atoms with E-state index in [9.17, 15) is 18.5 Å². The zero-order valence-electron chi connectivity index (χ0n) is 14.2. The molecule has 0 aliphatic heterocycles.